The molecule has 3 N–H and O–H groups in total. The van der Waals surface area contributed by atoms with Gasteiger partial charge in [0.25, 0.3) is 0 Å². The van der Waals surface area contributed by atoms with Crippen LogP contribution in [-0.2, 0) is 14.3 Å². The Bertz CT molecular complexity index is 1080. The quantitative estimate of drug-likeness (QED) is 0.601. The van der Waals surface area contributed by atoms with Gasteiger partial charge in [0.05, 0.1) is 32.3 Å². The van der Waals surface area contributed by atoms with Gasteiger partial charge in [-0.05, 0) is 48.9 Å². The van der Waals surface area contributed by atoms with Crippen LogP contribution >= 0.6 is 0 Å². The number of nitrogens with zero attached hydrogens (tertiary/aromatic N) is 1. The second-order valence-electron chi connectivity index (χ2n) is 8.94. The average molecular weight is 486 g/mol. The zero-order valence-electron chi connectivity index (χ0n) is 19.1. The number of hydrogen-bond acceptors (Lipinski definition) is 6. The molecule has 0 unspecified atom stereocenters. The number of halogens is 1. The van der Waals surface area contributed by atoms with Gasteiger partial charge in [-0.2, -0.15) is 0 Å². The Morgan fingerprint density at radius 2 is 1.77 bits per heavy atom. The van der Waals surface area contributed by atoms with Crippen molar-refractivity contribution in [2.24, 2.45) is 0 Å². The lowest BCUT2D eigenvalue weighted by Gasteiger charge is -2.38. The second-order valence-corrected chi connectivity index (χ2v) is 8.94. The summed E-state index contributed by atoms with van der Waals surface area (Å²) in [6.45, 7) is 1.99. The molecule has 10 heteroatoms. The summed E-state index contributed by atoms with van der Waals surface area (Å²) in [6.07, 6.45) is -0.478. The number of aliphatic hydroxyl groups excluding tert-OH is 1. The zero-order chi connectivity index (χ0) is 24.4. The van der Waals surface area contributed by atoms with Crippen LogP contribution in [0.1, 0.15) is 24.3 Å². The van der Waals surface area contributed by atoms with Crippen molar-refractivity contribution in [3.8, 4) is 5.75 Å². The van der Waals surface area contributed by atoms with Crippen molar-refractivity contribution in [1.29, 1.82) is 0 Å². The molecule has 2 fully saturated rings. The fourth-order valence-electron chi connectivity index (χ4n) is 4.93. The molecule has 3 aliphatic heterocycles. The Morgan fingerprint density at radius 3 is 2.51 bits per heavy atom. The summed E-state index contributed by atoms with van der Waals surface area (Å²) in [4.78, 5) is 27.0. The number of anilines is 2. The van der Waals surface area contributed by atoms with Crippen LogP contribution in [0.3, 0.4) is 0 Å². The molecule has 0 saturated carbocycles. The lowest BCUT2D eigenvalue weighted by atomic mass is 9.84. The fourth-order valence-corrected chi connectivity index (χ4v) is 4.93. The van der Waals surface area contributed by atoms with Crippen molar-refractivity contribution >= 4 is 23.3 Å². The summed E-state index contributed by atoms with van der Waals surface area (Å²) in [5.74, 6) is 0.221. The zero-order valence-corrected chi connectivity index (χ0v) is 19.1. The van der Waals surface area contributed by atoms with Crippen molar-refractivity contribution in [1.82, 2.24) is 4.90 Å². The molecule has 0 spiro atoms. The number of hydrogen-bond donors (Lipinski definition) is 3. The Morgan fingerprint density at radius 1 is 1.06 bits per heavy atom. The van der Waals surface area contributed by atoms with Crippen molar-refractivity contribution in [3.05, 3.63) is 53.8 Å². The number of morpholine rings is 1. The maximum absolute atomic E-state index is 13.1. The molecule has 9 nitrogen and oxygen atoms in total. The fraction of sp³-hybridized carbons (Fsp3) is 0.440. The first kappa shape index (κ1) is 23.5. The predicted octanol–water partition coefficient (Wildman–Crippen LogP) is 2.71. The molecule has 0 radical (unpaired) electrons. The SMILES string of the molecule is O=C(Nc1ccc(F)cc1)Nc1ccc2c(c1)[C@H]1C[C@@H](CC(=O)N3CCOCC3)O[C@@H](CO)[C@H]1O2. The number of benzene rings is 2. The highest BCUT2D eigenvalue weighted by molar-refractivity contribution is 5.99. The molecule has 2 aromatic rings. The number of urea groups is 1. The van der Waals surface area contributed by atoms with Crippen molar-refractivity contribution in [2.75, 3.05) is 43.5 Å². The minimum absolute atomic E-state index is 0.0143. The van der Waals surface area contributed by atoms with Crippen LogP contribution in [0.2, 0.25) is 0 Å². The summed E-state index contributed by atoms with van der Waals surface area (Å²) in [5.41, 5.74) is 1.94. The van der Waals surface area contributed by atoms with Crippen LogP contribution in [0.5, 0.6) is 5.75 Å². The molecule has 3 heterocycles. The summed E-state index contributed by atoms with van der Waals surface area (Å²) >= 11 is 0. The molecule has 0 aliphatic carbocycles. The molecule has 2 aromatic carbocycles. The molecule has 4 atom stereocenters. The Labute approximate surface area is 202 Å². The van der Waals surface area contributed by atoms with Crippen LogP contribution in [0, 0.1) is 5.82 Å². The van der Waals surface area contributed by atoms with E-state index in [1.807, 2.05) is 6.07 Å². The summed E-state index contributed by atoms with van der Waals surface area (Å²) in [5, 5.41) is 15.4. The molecule has 35 heavy (non-hydrogen) atoms. The Hall–Kier alpha value is -3.21. The molecule has 2 saturated heterocycles. The Kier molecular flexibility index (Phi) is 6.85. The lowest BCUT2D eigenvalue weighted by Crippen LogP contribution is -2.48. The number of carbonyl (C=O) groups is 2. The number of fused-ring (bicyclic) bond motifs is 3. The van der Waals surface area contributed by atoms with Gasteiger partial charge in [0, 0.05) is 35.9 Å². The Balaban J connectivity index is 1.27. The number of rotatable bonds is 5. The van der Waals surface area contributed by atoms with Crippen molar-refractivity contribution < 1.29 is 33.3 Å². The third kappa shape index (κ3) is 5.24. The van der Waals surface area contributed by atoms with Gasteiger partial charge >= 0.3 is 6.03 Å². The highest BCUT2D eigenvalue weighted by Gasteiger charge is 2.46. The number of nitrogens with one attached hydrogen (secondary N) is 2. The highest BCUT2D eigenvalue weighted by atomic mass is 19.1. The van der Waals surface area contributed by atoms with Crippen LogP contribution in [-0.4, -0.2) is 73.2 Å². The summed E-state index contributed by atoms with van der Waals surface area (Å²) in [6, 6.07) is 10.4. The van der Waals surface area contributed by atoms with E-state index in [2.05, 4.69) is 10.6 Å². The highest BCUT2D eigenvalue weighted by Crippen LogP contribution is 2.47. The smallest absolute Gasteiger partial charge is 0.323 e. The number of ether oxygens (including phenoxy) is 3. The van der Waals surface area contributed by atoms with Crippen molar-refractivity contribution in [3.63, 3.8) is 0 Å². The van der Waals surface area contributed by atoms with E-state index in [-0.39, 0.29) is 42.9 Å². The third-order valence-corrected chi connectivity index (χ3v) is 6.63. The molecular formula is C25H28FN3O6. The molecule has 0 bridgehead atoms. The lowest BCUT2D eigenvalue weighted by molar-refractivity contribution is -0.151. The van der Waals surface area contributed by atoms with Gasteiger partial charge in [0.2, 0.25) is 5.91 Å². The number of carbonyl (C=O) groups excluding carboxylic acids is 2. The number of amides is 3. The van der Waals surface area contributed by atoms with Gasteiger partial charge < -0.3 is 34.9 Å². The second kappa shape index (κ2) is 10.2. The predicted molar refractivity (Wildman–Crippen MR) is 125 cm³/mol. The van der Waals surface area contributed by atoms with Crippen LogP contribution in [0.4, 0.5) is 20.6 Å². The van der Waals surface area contributed by atoms with E-state index in [1.165, 1.54) is 24.3 Å². The monoisotopic (exact) mass is 485 g/mol. The maximum Gasteiger partial charge on any atom is 0.323 e. The molecule has 0 aromatic heterocycles. The van der Waals surface area contributed by atoms with Gasteiger partial charge in [-0.1, -0.05) is 0 Å². The van der Waals surface area contributed by atoms with Gasteiger partial charge in [-0.25, -0.2) is 9.18 Å². The van der Waals surface area contributed by atoms with E-state index >= 15 is 0 Å². The van der Waals surface area contributed by atoms with E-state index in [0.717, 1.165) is 5.56 Å². The van der Waals surface area contributed by atoms with Gasteiger partial charge in [0.1, 0.15) is 23.8 Å². The van der Waals surface area contributed by atoms with E-state index < -0.39 is 12.1 Å². The first-order valence-corrected chi connectivity index (χ1v) is 11.8. The standard InChI is InChI=1S/C25H28FN3O6/c26-15-1-3-16(4-2-15)27-25(32)28-17-5-6-21-19(11-17)20-12-18(34-22(14-30)24(20)35-21)13-23(31)29-7-9-33-10-8-29/h1-6,11,18,20,22,24,30H,7-10,12-14H2,(H2,27,28,32)/t18-,20+,22-,24-/m0/s1. The van der Waals surface area contributed by atoms with E-state index in [1.54, 1.807) is 17.0 Å². The molecule has 186 valence electrons. The van der Waals surface area contributed by atoms with Crippen LogP contribution in [0.25, 0.3) is 0 Å². The topological polar surface area (TPSA) is 109 Å². The summed E-state index contributed by atoms with van der Waals surface area (Å²) < 4.78 is 30.6. The minimum Gasteiger partial charge on any atom is -0.487 e. The summed E-state index contributed by atoms with van der Waals surface area (Å²) in [7, 11) is 0. The molecule has 3 aliphatic rings. The number of aliphatic hydroxyl groups is 1. The minimum atomic E-state index is -0.554. The van der Waals surface area contributed by atoms with E-state index in [9.17, 15) is 19.1 Å². The van der Waals surface area contributed by atoms with Crippen LogP contribution < -0.4 is 15.4 Å². The average Bonchev–Trinajstić information content (AvgIpc) is 3.23. The molecular weight excluding hydrogens is 457 g/mol. The van der Waals surface area contributed by atoms with Crippen molar-refractivity contribution in [2.45, 2.75) is 37.1 Å². The first-order chi connectivity index (χ1) is 17.0. The first-order valence-electron chi connectivity index (χ1n) is 11.8. The van der Waals surface area contributed by atoms with Gasteiger partial charge in [-0.15, -0.1) is 0 Å². The third-order valence-electron chi connectivity index (χ3n) is 6.63. The van der Waals surface area contributed by atoms with Crippen LogP contribution in [0.15, 0.2) is 42.5 Å². The van der Waals surface area contributed by atoms with Gasteiger partial charge in [0.15, 0.2) is 0 Å². The molecule has 3 amide bonds. The van der Waals surface area contributed by atoms with E-state index in [0.29, 0.717) is 49.8 Å². The normalized spacial score (nSPS) is 25.3. The molecule has 5 rings (SSSR count). The van der Waals surface area contributed by atoms with E-state index in [4.69, 9.17) is 14.2 Å². The van der Waals surface area contributed by atoms with Gasteiger partial charge in [-0.3, -0.25) is 4.79 Å². The largest absolute Gasteiger partial charge is 0.487 e. The maximum atomic E-state index is 13.1.